The maximum atomic E-state index is 5.92. The minimum atomic E-state index is 0.669. The van der Waals surface area contributed by atoms with Crippen LogP contribution in [0.4, 0.5) is 17.3 Å². The summed E-state index contributed by atoms with van der Waals surface area (Å²) < 4.78 is 0. The Morgan fingerprint density at radius 2 is 1.44 bits per heavy atom. The molecule has 0 aliphatic heterocycles. The second-order valence-electron chi connectivity index (χ2n) is 4.08. The van der Waals surface area contributed by atoms with Gasteiger partial charge in [-0.15, -0.1) is 0 Å². The quantitative estimate of drug-likeness (QED) is 0.530. The molecule has 0 fully saturated rings. The Morgan fingerprint density at radius 1 is 0.778 bits per heavy atom. The van der Waals surface area contributed by atoms with E-state index in [-0.39, 0.29) is 0 Å². The molecule has 0 unspecified atom stereocenters. The van der Waals surface area contributed by atoms with E-state index in [4.69, 9.17) is 5.73 Å². The number of hydrogen-bond donors (Lipinski definition) is 4. The first-order chi connectivity index (χ1) is 8.84. The SMILES string of the molecule is Nc1[nH]c(NNc2ccccc2)c2ccccc12. The zero-order valence-electron chi connectivity index (χ0n) is 9.77. The van der Waals surface area contributed by atoms with Crippen molar-refractivity contribution >= 4 is 28.1 Å². The van der Waals surface area contributed by atoms with E-state index in [1.165, 1.54) is 0 Å². The van der Waals surface area contributed by atoms with E-state index in [2.05, 4.69) is 15.8 Å². The first kappa shape index (κ1) is 10.5. The van der Waals surface area contributed by atoms with Gasteiger partial charge in [0.25, 0.3) is 0 Å². The van der Waals surface area contributed by atoms with Crippen LogP contribution in [0.25, 0.3) is 10.8 Å². The number of hydrogen-bond acceptors (Lipinski definition) is 3. The number of nitrogen functional groups attached to an aromatic ring is 1. The second kappa shape index (κ2) is 4.33. The van der Waals surface area contributed by atoms with Gasteiger partial charge in [-0.3, -0.25) is 10.9 Å². The number of para-hydroxylation sites is 1. The normalized spacial score (nSPS) is 10.4. The fourth-order valence-corrected chi connectivity index (χ4v) is 1.96. The van der Waals surface area contributed by atoms with Crippen LogP contribution in [0.1, 0.15) is 0 Å². The van der Waals surface area contributed by atoms with E-state index in [1.807, 2.05) is 54.6 Å². The number of nitrogens with two attached hydrogens (primary N) is 1. The minimum absolute atomic E-state index is 0.669. The average molecular weight is 238 g/mol. The van der Waals surface area contributed by atoms with Gasteiger partial charge in [0, 0.05) is 10.8 Å². The number of rotatable bonds is 3. The summed E-state index contributed by atoms with van der Waals surface area (Å²) in [6.45, 7) is 0. The molecule has 1 aromatic heterocycles. The first-order valence-electron chi connectivity index (χ1n) is 5.78. The molecule has 0 saturated heterocycles. The van der Waals surface area contributed by atoms with Gasteiger partial charge in [0.15, 0.2) is 0 Å². The molecule has 18 heavy (non-hydrogen) atoms. The number of aromatic amines is 1. The van der Waals surface area contributed by atoms with Crippen molar-refractivity contribution in [2.75, 3.05) is 16.6 Å². The van der Waals surface area contributed by atoms with Crippen molar-refractivity contribution in [3.05, 3.63) is 54.6 Å². The van der Waals surface area contributed by atoms with Crippen LogP contribution >= 0.6 is 0 Å². The second-order valence-corrected chi connectivity index (χ2v) is 4.08. The zero-order valence-corrected chi connectivity index (χ0v) is 9.77. The Labute approximate surface area is 105 Å². The third-order valence-electron chi connectivity index (χ3n) is 2.85. The first-order valence-corrected chi connectivity index (χ1v) is 5.78. The van der Waals surface area contributed by atoms with Crippen molar-refractivity contribution in [2.45, 2.75) is 0 Å². The predicted molar refractivity (Wildman–Crippen MR) is 76.4 cm³/mol. The number of aromatic nitrogens is 1. The van der Waals surface area contributed by atoms with E-state index in [0.717, 1.165) is 22.3 Å². The number of nitrogens with one attached hydrogen (secondary N) is 3. The Kier molecular flexibility index (Phi) is 2.53. The molecule has 90 valence electrons. The maximum absolute atomic E-state index is 5.92. The van der Waals surface area contributed by atoms with Crippen LogP contribution in [0.5, 0.6) is 0 Å². The summed E-state index contributed by atoms with van der Waals surface area (Å²) in [5.74, 6) is 1.54. The smallest absolute Gasteiger partial charge is 0.131 e. The van der Waals surface area contributed by atoms with Crippen LogP contribution in [-0.2, 0) is 0 Å². The van der Waals surface area contributed by atoms with E-state index >= 15 is 0 Å². The molecule has 0 amide bonds. The summed E-state index contributed by atoms with van der Waals surface area (Å²) in [5, 5.41) is 2.09. The highest BCUT2D eigenvalue weighted by Gasteiger charge is 2.06. The number of benzene rings is 2. The van der Waals surface area contributed by atoms with Gasteiger partial charge in [0.05, 0.1) is 5.69 Å². The summed E-state index contributed by atoms with van der Waals surface area (Å²) in [6.07, 6.45) is 0. The van der Waals surface area contributed by atoms with Gasteiger partial charge >= 0.3 is 0 Å². The topological polar surface area (TPSA) is 65.9 Å². The molecule has 0 spiro atoms. The van der Waals surface area contributed by atoms with Crippen LogP contribution in [-0.4, -0.2) is 4.98 Å². The lowest BCUT2D eigenvalue weighted by atomic mass is 10.2. The van der Waals surface area contributed by atoms with Gasteiger partial charge in [-0.2, -0.15) is 0 Å². The third-order valence-corrected chi connectivity index (χ3v) is 2.85. The number of H-pyrrole nitrogens is 1. The highest BCUT2D eigenvalue weighted by Crippen LogP contribution is 2.27. The summed E-state index contributed by atoms with van der Waals surface area (Å²) in [5.41, 5.74) is 13.2. The Morgan fingerprint density at radius 3 is 2.22 bits per heavy atom. The molecule has 0 aliphatic rings. The molecule has 3 rings (SSSR count). The standard InChI is InChI=1S/C14H14N4/c15-13-11-8-4-5-9-12(11)14(16-13)18-17-10-6-2-1-3-7-10/h1-9,16-18H,15H2. The lowest BCUT2D eigenvalue weighted by Crippen LogP contribution is -2.08. The van der Waals surface area contributed by atoms with Crippen molar-refractivity contribution in [3.63, 3.8) is 0 Å². The monoisotopic (exact) mass is 238 g/mol. The van der Waals surface area contributed by atoms with Crippen LogP contribution in [0.15, 0.2) is 54.6 Å². The fourth-order valence-electron chi connectivity index (χ4n) is 1.96. The van der Waals surface area contributed by atoms with Gasteiger partial charge < -0.3 is 10.7 Å². The molecule has 4 nitrogen and oxygen atoms in total. The number of fused-ring (bicyclic) bond motifs is 1. The van der Waals surface area contributed by atoms with E-state index in [9.17, 15) is 0 Å². The number of anilines is 3. The molecule has 5 N–H and O–H groups in total. The third kappa shape index (κ3) is 1.84. The largest absolute Gasteiger partial charge is 0.385 e. The summed E-state index contributed by atoms with van der Waals surface area (Å²) in [4.78, 5) is 3.13. The lowest BCUT2D eigenvalue weighted by molar-refractivity contribution is 1.33. The molecule has 0 aliphatic carbocycles. The molecule has 1 heterocycles. The van der Waals surface area contributed by atoms with Crippen LogP contribution in [0.2, 0.25) is 0 Å². The summed E-state index contributed by atoms with van der Waals surface area (Å²) in [7, 11) is 0. The Hall–Kier alpha value is -2.62. The van der Waals surface area contributed by atoms with Crippen LogP contribution in [0.3, 0.4) is 0 Å². The highest BCUT2D eigenvalue weighted by molar-refractivity contribution is 6.00. The Bertz CT molecular complexity index is 658. The highest BCUT2D eigenvalue weighted by atomic mass is 15.4. The predicted octanol–water partition coefficient (Wildman–Crippen LogP) is 3.19. The number of hydrazine groups is 1. The molecule has 0 saturated carbocycles. The molecule has 4 heteroatoms. The molecule has 0 bridgehead atoms. The summed E-state index contributed by atoms with van der Waals surface area (Å²) >= 11 is 0. The minimum Gasteiger partial charge on any atom is -0.385 e. The lowest BCUT2D eigenvalue weighted by Gasteiger charge is -2.08. The summed E-state index contributed by atoms with van der Waals surface area (Å²) in [6, 6.07) is 17.9. The Balaban J connectivity index is 1.87. The molecule has 0 radical (unpaired) electrons. The van der Waals surface area contributed by atoms with Gasteiger partial charge in [-0.25, -0.2) is 0 Å². The fraction of sp³-hybridized carbons (Fsp3) is 0. The van der Waals surface area contributed by atoms with Crippen molar-refractivity contribution in [2.24, 2.45) is 0 Å². The van der Waals surface area contributed by atoms with Gasteiger partial charge in [0.2, 0.25) is 0 Å². The molecule has 3 aromatic rings. The van der Waals surface area contributed by atoms with E-state index in [0.29, 0.717) is 5.82 Å². The van der Waals surface area contributed by atoms with Crippen molar-refractivity contribution < 1.29 is 0 Å². The van der Waals surface area contributed by atoms with Crippen molar-refractivity contribution in [3.8, 4) is 0 Å². The van der Waals surface area contributed by atoms with Crippen LogP contribution in [0, 0.1) is 0 Å². The van der Waals surface area contributed by atoms with Crippen molar-refractivity contribution in [1.29, 1.82) is 0 Å². The van der Waals surface area contributed by atoms with Crippen LogP contribution < -0.4 is 16.6 Å². The molecular weight excluding hydrogens is 224 g/mol. The zero-order chi connectivity index (χ0) is 12.4. The molecule has 0 atom stereocenters. The maximum Gasteiger partial charge on any atom is 0.131 e. The van der Waals surface area contributed by atoms with Gasteiger partial charge in [-0.05, 0) is 12.1 Å². The molecular formula is C14H14N4. The van der Waals surface area contributed by atoms with Gasteiger partial charge in [-0.1, -0.05) is 42.5 Å². The van der Waals surface area contributed by atoms with Crippen molar-refractivity contribution in [1.82, 2.24) is 4.98 Å². The van der Waals surface area contributed by atoms with E-state index in [1.54, 1.807) is 0 Å². The average Bonchev–Trinajstić information content (AvgIpc) is 2.75. The van der Waals surface area contributed by atoms with E-state index < -0.39 is 0 Å². The van der Waals surface area contributed by atoms with Gasteiger partial charge in [0.1, 0.15) is 11.6 Å². The molecule has 2 aromatic carbocycles.